The molecule has 16 heavy (non-hydrogen) atoms. The second kappa shape index (κ2) is 3.76. The van der Waals surface area contributed by atoms with Gasteiger partial charge in [0.1, 0.15) is 0 Å². The molecular formula is C13H11NOS. The van der Waals surface area contributed by atoms with Gasteiger partial charge in [-0.25, -0.2) is 0 Å². The zero-order chi connectivity index (χ0) is 11.0. The quantitative estimate of drug-likeness (QED) is 0.800. The molecule has 2 aromatic rings. The van der Waals surface area contributed by atoms with Gasteiger partial charge in [-0.3, -0.25) is 4.79 Å². The molecule has 1 aliphatic rings. The van der Waals surface area contributed by atoms with Gasteiger partial charge in [0.2, 0.25) is 0 Å². The van der Waals surface area contributed by atoms with Crippen LogP contribution in [0.1, 0.15) is 15.9 Å². The average molecular weight is 229 g/mol. The van der Waals surface area contributed by atoms with E-state index in [2.05, 4.69) is 22.8 Å². The lowest BCUT2D eigenvalue weighted by molar-refractivity contribution is 0.0946. The highest BCUT2D eigenvalue weighted by Crippen LogP contribution is 2.27. The summed E-state index contributed by atoms with van der Waals surface area (Å²) >= 11 is 1.73. The van der Waals surface area contributed by atoms with Gasteiger partial charge in [-0.15, -0.1) is 11.3 Å². The van der Waals surface area contributed by atoms with E-state index in [1.807, 2.05) is 18.2 Å². The smallest absolute Gasteiger partial charge is 0.251 e. The van der Waals surface area contributed by atoms with Crippen molar-refractivity contribution in [1.29, 1.82) is 0 Å². The highest BCUT2D eigenvalue weighted by atomic mass is 32.1. The minimum absolute atomic E-state index is 0.0546. The van der Waals surface area contributed by atoms with Crippen LogP contribution in [0.25, 0.3) is 10.4 Å². The molecule has 1 aromatic carbocycles. The minimum atomic E-state index is 0.0546. The molecule has 1 aliphatic heterocycles. The molecule has 1 amide bonds. The van der Waals surface area contributed by atoms with Crippen LogP contribution in [0, 0.1) is 0 Å². The van der Waals surface area contributed by atoms with E-state index in [4.69, 9.17) is 0 Å². The Morgan fingerprint density at radius 3 is 3.00 bits per heavy atom. The zero-order valence-corrected chi connectivity index (χ0v) is 9.51. The third-order valence-corrected chi connectivity index (χ3v) is 3.75. The molecule has 0 atom stereocenters. The molecule has 0 bridgehead atoms. The van der Waals surface area contributed by atoms with Gasteiger partial charge in [-0.2, -0.15) is 0 Å². The Kier molecular flexibility index (Phi) is 2.26. The lowest BCUT2D eigenvalue weighted by atomic mass is 9.97. The summed E-state index contributed by atoms with van der Waals surface area (Å²) in [4.78, 5) is 12.8. The number of thiophene rings is 1. The topological polar surface area (TPSA) is 29.1 Å². The maximum atomic E-state index is 11.6. The van der Waals surface area contributed by atoms with Gasteiger partial charge in [-0.05, 0) is 41.1 Å². The number of rotatable bonds is 1. The van der Waals surface area contributed by atoms with E-state index in [-0.39, 0.29) is 5.91 Å². The molecule has 1 N–H and O–H groups in total. The minimum Gasteiger partial charge on any atom is -0.352 e. The summed E-state index contributed by atoms with van der Waals surface area (Å²) in [6.07, 6.45) is 0.931. The number of nitrogens with one attached hydrogen (secondary N) is 1. The van der Waals surface area contributed by atoms with Gasteiger partial charge in [-0.1, -0.05) is 12.1 Å². The third-order valence-electron chi connectivity index (χ3n) is 2.84. The Morgan fingerprint density at radius 1 is 1.25 bits per heavy atom. The molecule has 0 spiro atoms. The Bertz CT molecular complexity index is 531. The van der Waals surface area contributed by atoms with Gasteiger partial charge in [0.05, 0.1) is 0 Å². The van der Waals surface area contributed by atoms with Crippen molar-refractivity contribution in [2.24, 2.45) is 0 Å². The van der Waals surface area contributed by atoms with Crippen molar-refractivity contribution < 1.29 is 4.79 Å². The van der Waals surface area contributed by atoms with Gasteiger partial charge < -0.3 is 5.32 Å². The van der Waals surface area contributed by atoms with Crippen molar-refractivity contribution in [1.82, 2.24) is 5.32 Å². The SMILES string of the molecule is O=C1NCCc2cc(-c3cccs3)ccc21. The van der Waals surface area contributed by atoms with Crippen LogP contribution in [0.2, 0.25) is 0 Å². The molecular weight excluding hydrogens is 218 g/mol. The molecule has 0 saturated carbocycles. The lowest BCUT2D eigenvalue weighted by Crippen LogP contribution is -2.31. The highest BCUT2D eigenvalue weighted by molar-refractivity contribution is 7.13. The number of carbonyl (C=O) groups is 1. The molecule has 0 radical (unpaired) electrons. The van der Waals surface area contributed by atoms with Crippen LogP contribution < -0.4 is 5.32 Å². The predicted octanol–water partition coefficient (Wildman–Crippen LogP) is 2.70. The van der Waals surface area contributed by atoms with E-state index in [0.29, 0.717) is 0 Å². The fourth-order valence-electron chi connectivity index (χ4n) is 2.02. The second-order valence-electron chi connectivity index (χ2n) is 3.86. The van der Waals surface area contributed by atoms with Crippen LogP contribution in [-0.2, 0) is 6.42 Å². The first kappa shape index (κ1) is 9.60. The van der Waals surface area contributed by atoms with Gasteiger partial charge in [0, 0.05) is 17.0 Å². The predicted molar refractivity (Wildman–Crippen MR) is 65.8 cm³/mol. The summed E-state index contributed by atoms with van der Waals surface area (Å²) in [5.74, 6) is 0.0546. The summed E-state index contributed by atoms with van der Waals surface area (Å²) in [5.41, 5.74) is 3.20. The summed E-state index contributed by atoms with van der Waals surface area (Å²) in [5, 5.41) is 4.93. The number of amides is 1. The standard InChI is InChI=1S/C13H11NOS/c15-13-11-4-3-10(12-2-1-7-16-12)8-9(11)5-6-14-13/h1-4,7-8H,5-6H2,(H,14,15). The molecule has 0 fully saturated rings. The van der Waals surface area contributed by atoms with Crippen molar-refractivity contribution in [2.45, 2.75) is 6.42 Å². The first-order chi connectivity index (χ1) is 7.84. The average Bonchev–Trinajstić information content (AvgIpc) is 2.82. The first-order valence-electron chi connectivity index (χ1n) is 5.29. The normalized spacial score (nSPS) is 14.4. The fraction of sp³-hybridized carbons (Fsp3) is 0.154. The Hall–Kier alpha value is -1.61. The Balaban J connectivity index is 2.08. The number of benzene rings is 1. The van der Waals surface area contributed by atoms with Crippen molar-refractivity contribution in [3.05, 3.63) is 46.8 Å². The molecule has 80 valence electrons. The first-order valence-corrected chi connectivity index (χ1v) is 6.17. The summed E-state index contributed by atoms with van der Waals surface area (Å²) < 4.78 is 0. The Morgan fingerprint density at radius 2 is 2.19 bits per heavy atom. The lowest BCUT2D eigenvalue weighted by Gasteiger charge is -2.16. The van der Waals surface area contributed by atoms with Gasteiger partial charge >= 0.3 is 0 Å². The number of carbonyl (C=O) groups excluding carboxylic acids is 1. The van der Waals surface area contributed by atoms with Crippen molar-refractivity contribution in [2.75, 3.05) is 6.54 Å². The molecule has 0 unspecified atom stereocenters. The number of hydrogen-bond donors (Lipinski definition) is 1. The number of fused-ring (bicyclic) bond motifs is 1. The largest absolute Gasteiger partial charge is 0.352 e. The molecule has 0 aliphatic carbocycles. The van der Waals surface area contributed by atoms with Gasteiger partial charge in [0.25, 0.3) is 5.91 Å². The molecule has 0 saturated heterocycles. The van der Waals surface area contributed by atoms with Crippen LogP contribution in [0.3, 0.4) is 0 Å². The number of hydrogen-bond acceptors (Lipinski definition) is 2. The van der Waals surface area contributed by atoms with Crippen molar-refractivity contribution in [3.8, 4) is 10.4 Å². The van der Waals surface area contributed by atoms with Gasteiger partial charge in [0.15, 0.2) is 0 Å². The second-order valence-corrected chi connectivity index (χ2v) is 4.80. The molecule has 1 aromatic heterocycles. The van der Waals surface area contributed by atoms with Crippen LogP contribution >= 0.6 is 11.3 Å². The fourth-order valence-corrected chi connectivity index (χ4v) is 2.75. The van der Waals surface area contributed by atoms with E-state index in [9.17, 15) is 4.79 Å². The monoisotopic (exact) mass is 229 g/mol. The summed E-state index contributed by atoms with van der Waals surface area (Å²) in [7, 11) is 0. The summed E-state index contributed by atoms with van der Waals surface area (Å²) in [6.45, 7) is 0.750. The van der Waals surface area contributed by atoms with Crippen LogP contribution in [0.4, 0.5) is 0 Å². The maximum absolute atomic E-state index is 11.6. The third kappa shape index (κ3) is 1.53. The van der Waals surface area contributed by atoms with E-state index in [1.165, 1.54) is 10.4 Å². The van der Waals surface area contributed by atoms with Crippen LogP contribution in [-0.4, -0.2) is 12.5 Å². The maximum Gasteiger partial charge on any atom is 0.251 e. The summed E-state index contributed by atoms with van der Waals surface area (Å²) in [6, 6.07) is 10.2. The Labute approximate surface area is 97.9 Å². The van der Waals surface area contributed by atoms with Crippen molar-refractivity contribution >= 4 is 17.2 Å². The highest BCUT2D eigenvalue weighted by Gasteiger charge is 2.16. The molecule has 2 nitrogen and oxygen atoms in total. The molecule has 3 rings (SSSR count). The van der Waals surface area contributed by atoms with Crippen LogP contribution in [0.15, 0.2) is 35.7 Å². The molecule has 2 heterocycles. The molecule has 3 heteroatoms. The van der Waals surface area contributed by atoms with E-state index < -0.39 is 0 Å². The van der Waals surface area contributed by atoms with E-state index >= 15 is 0 Å². The zero-order valence-electron chi connectivity index (χ0n) is 8.69. The van der Waals surface area contributed by atoms with Crippen LogP contribution in [0.5, 0.6) is 0 Å². The van der Waals surface area contributed by atoms with E-state index in [1.54, 1.807) is 11.3 Å². The van der Waals surface area contributed by atoms with Crippen molar-refractivity contribution in [3.63, 3.8) is 0 Å². The van der Waals surface area contributed by atoms with E-state index in [0.717, 1.165) is 24.1 Å².